The molecule has 1 aliphatic heterocycles. The van der Waals surface area contributed by atoms with Crippen LogP contribution in [0.3, 0.4) is 0 Å². The molecule has 0 unspecified atom stereocenters. The van der Waals surface area contributed by atoms with E-state index in [0.29, 0.717) is 12.2 Å². The number of anilines is 1. The summed E-state index contributed by atoms with van der Waals surface area (Å²) in [4.78, 5) is 15.4. The molecule has 1 N–H and O–H groups in total. The van der Waals surface area contributed by atoms with Gasteiger partial charge in [0.05, 0.1) is 11.9 Å². The van der Waals surface area contributed by atoms with Gasteiger partial charge >= 0.3 is 0 Å². The van der Waals surface area contributed by atoms with Gasteiger partial charge in [-0.05, 0) is 68.6 Å². The van der Waals surface area contributed by atoms with Gasteiger partial charge in [0.25, 0.3) is 0 Å². The number of nitrogens with one attached hydrogen (secondary N) is 1. The van der Waals surface area contributed by atoms with Crippen molar-refractivity contribution in [3.8, 4) is 0 Å². The lowest BCUT2D eigenvalue weighted by molar-refractivity contribution is -0.122. The fourth-order valence-electron chi connectivity index (χ4n) is 4.15. The first-order valence-electron chi connectivity index (χ1n) is 10.9. The van der Waals surface area contributed by atoms with Crippen LogP contribution in [0.2, 0.25) is 0 Å². The second kappa shape index (κ2) is 10.3. The molecular weight excluding hydrogens is 410 g/mol. The molecule has 1 amide bonds. The van der Waals surface area contributed by atoms with Gasteiger partial charge in [-0.25, -0.2) is 8.42 Å². The summed E-state index contributed by atoms with van der Waals surface area (Å²) in [5.41, 5.74) is 3.70. The third kappa shape index (κ3) is 6.31. The maximum Gasteiger partial charge on any atom is 0.243 e. The SMILES string of the molecule is Cc1cccc(N([C@H](C)C(=O)NCc2ccccc2CN2CCCCC2)S(C)(=O)=O)c1. The largest absolute Gasteiger partial charge is 0.350 e. The predicted molar refractivity (Wildman–Crippen MR) is 125 cm³/mol. The topological polar surface area (TPSA) is 69.7 Å². The van der Waals surface area contributed by atoms with E-state index in [9.17, 15) is 13.2 Å². The molecule has 3 rings (SSSR count). The Labute approximate surface area is 186 Å². The lowest BCUT2D eigenvalue weighted by atomic mass is 10.0. The van der Waals surface area contributed by atoms with Gasteiger partial charge in [0.2, 0.25) is 15.9 Å². The molecule has 1 fully saturated rings. The van der Waals surface area contributed by atoms with Gasteiger partial charge in [0.15, 0.2) is 0 Å². The zero-order chi connectivity index (χ0) is 22.4. The quantitative estimate of drug-likeness (QED) is 0.678. The van der Waals surface area contributed by atoms with E-state index in [1.807, 2.05) is 31.2 Å². The molecule has 31 heavy (non-hydrogen) atoms. The number of amides is 1. The molecule has 0 aliphatic carbocycles. The summed E-state index contributed by atoms with van der Waals surface area (Å²) >= 11 is 0. The number of carbonyl (C=O) groups is 1. The number of piperidine rings is 1. The molecule has 2 aromatic carbocycles. The van der Waals surface area contributed by atoms with Gasteiger partial charge < -0.3 is 5.32 Å². The van der Waals surface area contributed by atoms with Crippen LogP contribution in [0.5, 0.6) is 0 Å². The van der Waals surface area contributed by atoms with Crippen LogP contribution in [0.4, 0.5) is 5.69 Å². The summed E-state index contributed by atoms with van der Waals surface area (Å²) in [5.74, 6) is -0.320. The van der Waals surface area contributed by atoms with Crippen molar-refractivity contribution in [3.05, 3.63) is 65.2 Å². The Hall–Kier alpha value is -2.38. The first-order valence-corrected chi connectivity index (χ1v) is 12.7. The molecule has 1 heterocycles. The summed E-state index contributed by atoms with van der Waals surface area (Å²) in [6, 6.07) is 14.5. The number of carbonyl (C=O) groups excluding carboxylic acids is 1. The Morgan fingerprint density at radius 3 is 2.39 bits per heavy atom. The second-order valence-corrected chi connectivity index (χ2v) is 10.3. The fraction of sp³-hybridized carbons (Fsp3) is 0.458. The summed E-state index contributed by atoms with van der Waals surface area (Å²) in [7, 11) is -3.62. The number of hydrogen-bond acceptors (Lipinski definition) is 4. The maximum absolute atomic E-state index is 12.9. The van der Waals surface area contributed by atoms with E-state index in [0.717, 1.165) is 37.0 Å². The number of rotatable bonds is 8. The highest BCUT2D eigenvalue weighted by atomic mass is 32.2. The Morgan fingerprint density at radius 2 is 1.74 bits per heavy atom. The smallest absolute Gasteiger partial charge is 0.243 e. The van der Waals surface area contributed by atoms with E-state index in [1.54, 1.807) is 25.1 Å². The maximum atomic E-state index is 12.9. The zero-order valence-corrected chi connectivity index (χ0v) is 19.5. The molecule has 0 saturated carbocycles. The Balaban J connectivity index is 1.71. The van der Waals surface area contributed by atoms with Crippen LogP contribution in [-0.2, 0) is 27.9 Å². The van der Waals surface area contributed by atoms with Crippen molar-refractivity contribution in [2.75, 3.05) is 23.7 Å². The molecule has 1 aliphatic rings. The highest BCUT2D eigenvalue weighted by Crippen LogP contribution is 2.22. The van der Waals surface area contributed by atoms with Crippen LogP contribution in [0.25, 0.3) is 0 Å². The summed E-state index contributed by atoms with van der Waals surface area (Å²) < 4.78 is 26.1. The number of nitrogens with zero attached hydrogens (tertiary/aromatic N) is 2. The van der Waals surface area contributed by atoms with Crippen molar-refractivity contribution < 1.29 is 13.2 Å². The molecule has 168 valence electrons. The first kappa shape index (κ1) is 23.3. The van der Waals surface area contributed by atoms with Crippen molar-refractivity contribution in [3.63, 3.8) is 0 Å². The van der Waals surface area contributed by atoms with Crippen LogP contribution < -0.4 is 9.62 Å². The van der Waals surface area contributed by atoms with Crippen LogP contribution in [0.1, 0.15) is 42.9 Å². The zero-order valence-electron chi connectivity index (χ0n) is 18.7. The molecule has 6 nitrogen and oxygen atoms in total. The van der Waals surface area contributed by atoms with E-state index in [1.165, 1.54) is 29.1 Å². The van der Waals surface area contributed by atoms with Gasteiger partial charge in [-0.15, -0.1) is 0 Å². The van der Waals surface area contributed by atoms with E-state index in [4.69, 9.17) is 0 Å². The molecule has 0 bridgehead atoms. The van der Waals surface area contributed by atoms with E-state index < -0.39 is 16.1 Å². The third-order valence-corrected chi connectivity index (χ3v) is 7.00. The molecule has 2 aromatic rings. The second-order valence-electron chi connectivity index (χ2n) is 8.40. The molecule has 0 aromatic heterocycles. The van der Waals surface area contributed by atoms with E-state index in [-0.39, 0.29) is 5.91 Å². The van der Waals surface area contributed by atoms with E-state index >= 15 is 0 Å². The highest BCUT2D eigenvalue weighted by Gasteiger charge is 2.29. The van der Waals surface area contributed by atoms with Crippen LogP contribution in [0, 0.1) is 6.92 Å². The Kier molecular flexibility index (Phi) is 7.73. The Bertz CT molecular complexity index is 1000. The number of aryl methyl sites for hydroxylation is 1. The molecule has 7 heteroatoms. The van der Waals surface area contributed by atoms with Crippen LogP contribution in [-0.4, -0.2) is 44.6 Å². The number of benzene rings is 2. The number of hydrogen-bond donors (Lipinski definition) is 1. The lowest BCUT2D eigenvalue weighted by Crippen LogP contribution is -2.47. The van der Waals surface area contributed by atoms with E-state index in [2.05, 4.69) is 16.3 Å². The van der Waals surface area contributed by atoms with Crippen molar-refractivity contribution >= 4 is 21.6 Å². The van der Waals surface area contributed by atoms with Crippen molar-refractivity contribution in [1.29, 1.82) is 0 Å². The third-order valence-electron chi connectivity index (χ3n) is 5.76. The molecular formula is C24H33N3O3S. The van der Waals surface area contributed by atoms with Crippen molar-refractivity contribution in [2.45, 2.75) is 52.2 Å². The van der Waals surface area contributed by atoms with Crippen LogP contribution in [0.15, 0.2) is 48.5 Å². The summed E-state index contributed by atoms with van der Waals surface area (Å²) in [5, 5.41) is 2.95. The predicted octanol–water partition coefficient (Wildman–Crippen LogP) is 3.45. The average molecular weight is 444 g/mol. The molecule has 0 spiro atoms. The number of sulfonamides is 1. The van der Waals surface area contributed by atoms with Gasteiger partial charge in [0.1, 0.15) is 6.04 Å². The van der Waals surface area contributed by atoms with Crippen LogP contribution >= 0.6 is 0 Å². The van der Waals surface area contributed by atoms with Gasteiger partial charge in [-0.2, -0.15) is 0 Å². The minimum absolute atomic E-state index is 0.320. The molecule has 0 radical (unpaired) electrons. The monoisotopic (exact) mass is 443 g/mol. The normalized spacial score (nSPS) is 16.0. The highest BCUT2D eigenvalue weighted by molar-refractivity contribution is 7.92. The number of likely N-dealkylation sites (tertiary alicyclic amines) is 1. The standard InChI is InChI=1S/C24H33N3O3S/c1-19-10-9-13-23(16-19)27(31(3,29)30)20(2)24(28)25-17-21-11-5-6-12-22(21)18-26-14-7-4-8-15-26/h5-6,9-13,16,20H,4,7-8,14-15,17-18H2,1-3H3,(H,25,28)/t20-/m1/s1. The van der Waals surface area contributed by atoms with Crippen molar-refractivity contribution in [2.24, 2.45) is 0 Å². The summed E-state index contributed by atoms with van der Waals surface area (Å²) in [6.45, 7) is 6.99. The fourth-order valence-corrected chi connectivity index (χ4v) is 5.31. The van der Waals surface area contributed by atoms with Gasteiger partial charge in [-0.1, -0.05) is 42.8 Å². The summed E-state index contributed by atoms with van der Waals surface area (Å²) in [6.07, 6.45) is 4.89. The first-order chi connectivity index (χ1) is 14.8. The van der Waals surface area contributed by atoms with Gasteiger partial charge in [-0.3, -0.25) is 14.0 Å². The lowest BCUT2D eigenvalue weighted by Gasteiger charge is -2.29. The minimum atomic E-state index is -3.62. The van der Waals surface area contributed by atoms with Gasteiger partial charge in [0, 0.05) is 13.1 Å². The van der Waals surface area contributed by atoms with Crippen molar-refractivity contribution in [1.82, 2.24) is 10.2 Å². The minimum Gasteiger partial charge on any atom is -0.350 e. The average Bonchev–Trinajstić information content (AvgIpc) is 2.73. The Morgan fingerprint density at radius 1 is 1.06 bits per heavy atom. The molecule has 1 atom stereocenters. The molecule has 1 saturated heterocycles.